The first-order valence-electron chi connectivity index (χ1n) is 8.34. The number of hydrogen-bond acceptors (Lipinski definition) is 3. The highest BCUT2D eigenvalue weighted by Crippen LogP contribution is 2.26. The summed E-state index contributed by atoms with van der Waals surface area (Å²) in [5, 5.41) is 12.1. The third kappa shape index (κ3) is 3.48. The number of carbonyl (C=O) groups is 2. The summed E-state index contributed by atoms with van der Waals surface area (Å²) >= 11 is 0. The van der Waals surface area contributed by atoms with Crippen LogP contribution < -0.4 is 5.32 Å². The van der Waals surface area contributed by atoms with Crippen LogP contribution in [-0.2, 0) is 11.3 Å². The van der Waals surface area contributed by atoms with Crippen molar-refractivity contribution in [3.8, 4) is 0 Å². The smallest absolute Gasteiger partial charge is 0.317 e. The molecule has 0 saturated carbocycles. The fraction of sp³-hybridized carbons (Fsp3) is 0.688. The Morgan fingerprint density at radius 2 is 2.13 bits per heavy atom. The lowest BCUT2D eigenvalue weighted by atomic mass is 9.98. The van der Waals surface area contributed by atoms with Crippen LogP contribution in [0.4, 0.5) is 4.79 Å². The minimum absolute atomic E-state index is 0.156. The second kappa shape index (κ2) is 6.60. The lowest BCUT2D eigenvalue weighted by Crippen LogP contribution is -2.48. The molecule has 2 atom stereocenters. The van der Waals surface area contributed by atoms with Crippen LogP contribution in [0.5, 0.6) is 0 Å². The number of imidazole rings is 1. The number of fused-ring (bicyclic) bond motifs is 1. The first-order valence-corrected chi connectivity index (χ1v) is 8.34. The Bertz CT molecular complexity index is 598. The van der Waals surface area contributed by atoms with Crippen LogP contribution in [0.25, 0.3) is 0 Å². The second-order valence-corrected chi connectivity index (χ2v) is 6.58. The Balaban J connectivity index is 1.56. The second-order valence-electron chi connectivity index (χ2n) is 6.58. The predicted molar refractivity (Wildman–Crippen MR) is 84.3 cm³/mol. The lowest BCUT2D eigenvalue weighted by molar-refractivity contribution is -0.143. The SMILES string of the molecule is Cc1cn2c(n1)C(CNC(=O)N1CCCC(C(=O)O)C1)CCC2. The molecule has 23 heavy (non-hydrogen) atoms. The van der Waals surface area contributed by atoms with Crippen LogP contribution in [0.2, 0.25) is 0 Å². The number of amides is 2. The van der Waals surface area contributed by atoms with Crippen LogP contribution >= 0.6 is 0 Å². The molecule has 2 aliphatic heterocycles. The van der Waals surface area contributed by atoms with Crippen molar-refractivity contribution in [3.63, 3.8) is 0 Å². The summed E-state index contributed by atoms with van der Waals surface area (Å²) in [5.74, 6) is 0.0376. The van der Waals surface area contributed by atoms with E-state index >= 15 is 0 Å². The van der Waals surface area contributed by atoms with Crippen molar-refractivity contribution in [1.82, 2.24) is 19.8 Å². The van der Waals surface area contributed by atoms with E-state index in [4.69, 9.17) is 5.11 Å². The number of carboxylic acids is 1. The van der Waals surface area contributed by atoms with Gasteiger partial charge in [0.1, 0.15) is 5.82 Å². The zero-order valence-electron chi connectivity index (χ0n) is 13.5. The topological polar surface area (TPSA) is 87.5 Å². The summed E-state index contributed by atoms with van der Waals surface area (Å²) in [5.41, 5.74) is 1.01. The summed E-state index contributed by atoms with van der Waals surface area (Å²) in [6.45, 7) is 4.48. The highest BCUT2D eigenvalue weighted by molar-refractivity contribution is 5.76. The summed E-state index contributed by atoms with van der Waals surface area (Å²) in [7, 11) is 0. The maximum absolute atomic E-state index is 12.3. The average molecular weight is 320 g/mol. The minimum Gasteiger partial charge on any atom is -0.481 e. The van der Waals surface area contributed by atoms with Gasteiger partial charge in [0, 0.05) is 38.3 Å². The standard InChI is InChI=1S/C16H24N4O3/c1-11-9-19-6-2-4-12(14(19)18-11)8-17-16(23)20-7-3-5-13(10-20)15(21)22/h9,12-13H,2-8,10H2,1H3,(H,17,23)(H,21,22). The van der Waals surface area contributed by atoms with Gasteiger partial charge in [-0.2, -0.15) is 0 Å². The van der Waals surface area contributed by atoms with Gasteiger partial charge in [-0.15, -0.1) is 0 Å². The molecular formula is C16H24N4O3. The highest BCUT2D eigenvalue weighted by Gasteiger charge is 2.29. The zero-order valence-corrected chi connectivity index (χ0v) is 13.5. The lowest BCUT2D eigenvalue weighted by Gasteiger charge is -2.31. The van der Waals surface area contributed by atoms with E-state index in [0.29, 0.717) is 26.1 Å². The highest BCUT2D eigenvalue weighted by atomic mass is 16.4. The Morgan fingerprint density at radius 3 is 2.91 bits per heavy atom. The van der Waals surface area contributed by atoms with Crippen molar-refractivity contribution >= 4 is 12.0 Å². The van der Waals surface area contributed by atoms with Crippen molar-refractivity contribution in [3.05, 3.63) is 17.7 Å². The van der Waals surface area contributed by atoms with Gasteiger partial charge in [-0.25, -0.2) is 9.78 Å². The third-order valence-electron chi connectivity index (χ3n) is 4.80. The van der Waals surface area contributed by atoms with Crippen molar-refractivity contribution in [2.45, 2.75) is 45.1 Å². The third-order valence-corrected chi connectivity index (χ3v) is 4.80. The largest absolute Gasteiger partial charge is 0.481 e. The number of likely N-dealkylation sites (tertiary alicyclic amines) is 1. The molecule has 2 amide bonds. The molecule has 1 aromatic rings. The van der Waals surface area contributed by atoms with Crippen molar-refractivity contribution in [2.24, 2.45) is 5.92 Å². The van der Waals surface area contributed by atoms with Gasteiger partial charge in [0.05, 0.1) is 11.6 Å². The average Bonchev–Trinajstić information content (AvgIpc) is 2.93. The van der Waals surface area contributed by atoms with Crippen LogP contribution in [0, 0.1) is 12.8 Å². The molecule has 126 valence electrons. The van der Waals surface area contributed by atoms with Crippen LogP contribution in [0.15, 0.2) is 6.20 Å². The Morgan fingerprint density at radius 1 is 1.35 bits per heavy atom. The van der Waals surface area contributed by atoms with E-state index in [1.165, 1.54) is 0 Å². The fourth-order valence-corrected chi connectivity index (χ4v) is 3.59. The first-order chi connectivity index (χ1) is 11.0. The summed E-state index contributed by atoms with van der Waals surface area (Å²) in [6.07, 6.45) is 5.57. The van der Waals surface area contributed by atoms with Gasteiger partial charge < -0.3 is 19.9 Å². The zero-order chi connectivity index (χ0) is 16.4. The molecule has 3 heterocycles. The Hall–Kier alpha value is -2.05. The number of rotatable bonds is 3. The molecule has 0 aromatic carbocycles. The molecule has 2 unspecified atom stereocenters. The molecule has 2 aliphatic rings. The number of nitrogens with zero attached hydrogens (tertiary/aromatic N) is 3. The number of aryl methyl sites for hydroxylation is 2. The minimum atomic E-state index is -0.813. The summed E-state index contributed by atoms with van der Waals surface area (Å²) in [4.78, 5) is 29.6. The number of aromatic nitrogens is 2. The predicted octanol–water partition coefficient (Wildman–Crippen LogP) is 1.58. The van der Waals surface area contributed by atoms with Gasteiger partial charge >= 0.3 is 12.0 Å². The van der Waals surface area contributed by atoms with Gasteiger partial charge in [0.15, 0.2) is 0 Å². The van der Waals surface area contributed by atoms with E-state index < -0.39 is 11.9 Å². The molecule has 2 N–H and O–H groups in total. The van der Waals surface area contributed by atoms with Crippen LogP contribution in [0.1, 0.15) is 43.1 Å². The molecule has 1 saturated heterocycles. The van der Waals surface area contributed by atoms with E-state index in [2.05, 4.69) is 21.1 Å². The van der Waals surface area contributed by atoms with Crippen LogP contribution in [0.3, 0.4) is 0 Å². The van der Waals surface area contributed by atoms with Gasteiger partial charge in [0.25, 0.3) is 0 Å². The number of carboxylic acid groups (broad SMARTS) is 1. The number of urea groups is 1. The van der Waals surface area contributed by atoms with E-state index in [0.717, 1.165) is 37.3 Å². The summed E-state index contributed by atoms with van der Waals surface area (Å²) in [6, 6.07) is -0.156. The van der Waals surface area contributed by atoms with E-state index in [1.807, 2.05) is 6.92 Å². The number of piperidine rings is 1. The van der Waals surface area contributed by atoms with Crippen LogP contribution in [-0.4, -0.2) is 51.2 Å². The molecular weight excluding hydrogens is 296 g/mol. The number of nitrogens with one attached hydrogen (secondary N) is 1. The maximum Gasteiger partial charge on any atom is 0.317 e. The van der Waals surface area contributed by atoms with Crippen molar-refractivity contribution in [1.29, 1.82) is 0 Å². The monoisotopic (exact) mass is 320 g/mol. The van der Waals surface area contributed by atoms with E-state index in [1.54, 1.807) is 4.90 Å². The number of hydrogen-bond donors (Lipinski definition) is 2. The molecule has 7 heteroatoms. The van der Waals surface area contributed by atoms with Gasteiger partial charge in [0.2, 0.25) is 0 Å². The van der Waals surface area contributed by atoms with Gasteiger partial charge in [-0.3, -0.25) is 4.79 Å². The van der Waals surface area contributed by atoms with Crippen molar-refractivity contribution < 1.29 is 14.7 Å². The number of carbonyl (C=O) groups excluding carboxylic acids is 1. The molecule has 0 radical (unpaired) electrons. The van der Waals surface area contributed by atoms with Gasteiger partial charge in [-0.05, 0) is 32.6 Å². The molecule has 3 rings (SSSR count). The Labute approximate surface area is 135 Å². The van der Waals surface area contributed by atoms with Gasteiger partial charge in [-0.1, -0.05) is 0 Å². The molecule has 1 fully saturated rings. The Kier molecular flexibility index (Phi) is 4.54. The van der Waals surface area contributed by atoms with E-state index in [9.17, 15) is 9.59 Å². The molecule has 0 bridgehead atoms. The molecule has 0 aliphatic carbocycles. The maximum atomic E-state index is 12.3. The van der Waals surface area contributed by atoms with E-state index in [-0.39, 0.29) is 11.9 Å². The molecule has 0 spiro atoms. The summed E-state index contributed by atoms with van der Waals surface area (Å²) < 4.78 is 2.18. The molecule has 1 aromatic heterocycles. The number of aliphatic carboxylic acids is 1. The molecule has 7 nitrogen and oxygen atoms in total. The fourth-order valence-electron chi connectivity index (χ4n) is 3.59. The first kappa shape index (κ1) is 15.8. The normalized spacial score (nSPS) is 24.1. The van der Waals surface area contributed by atoms with Crippen molar-refractivity contribution in [2.75, 3.05) is 19.6 Å². The quantitative estimate of drug-likeness (QED) is 0.885.